The minimum Gasteiger partial charge on any atom is -0.383 e. The molecule has 1 N–H and O–H groups in total. The first-order valence-electron chi connectivity index (χ1n) is 5.63. The fourth-order valence-corrected chi connectivity index (χ4v) is 3.88. The van der Waals surface area contributed by atoms with Crippen LogP contribution in [0.15, 0.2) is 16.6 Å². The van der Waals surface area contributed by atoms with Gasteiger partial charge in [-0.15, -0.1) is 0 Å². The quantitative estimate of drug-likeness (QED) is 0.738. The Morgan fingerprint density at radius 3 is 2.88 bits per heavy atom. The summed E-state index contributed by atoms with van der Waals surface area (Å²) in [7, 11) is 0. The summed E-state index contributed by atoms with van der Waals surface area (Å²) >= 11 is 17.7. The summed E-state index contributed by atoms with van der Waals surface area (Å²) in [6.07, 6.45) is 2.63. The predicted molar refractivity (Wildman–Crippen MR) is 82.7 cm³/mol. The summed E-state index contributed by atoms with van der Waals surface area (Å²) < 4.78 is 0.836. The van der Waals surface area contributed by atoms with Gasteiger partial charge in [-0.2, -0.15) is 11.8 Å². The summed E-state index contributed by atoms with van der Waals surface area (Å²) in [5, 5.41) is 4.58. The van der Waals surface area contributed by atoms with Gasteiger partial charge in [0.15, 0.2) is 0 Å². The normalized spacial score (nSPS) is 20.3. The Morgan fingerprint density at radius 2 is 2.18 bits per heavy atom. The molecule has 2 rings (SSSR count). The van der Waals surface area contributed by atoms with E-state index in [0.29, 0.717) is 10.0 Å². The second kappa shape index (κ2) is 6.55. The lowest BCUT2D eigenvalue weighted by molar-refractivity contribution is 0.549. The van der Waals surface area contributed by atoms with E-state index in [1.165, 1.54) is 24.3 Å². The summed E-state index contributed by atoms with van der Waals surface area (Å²) in [4.78, 5) is 0. The molecule has 1 aromatic rings. The van der Waals surface area contributed by atoms with Crippen molar-refractivity contribution < 1.29 is 0 Å². The standard InChI is InChI=1S/C12H14BrCl2NS/c13-9-3-4-10(12(15)11(9)14)16-6-8-2-1-5-17-7-8/h3-4,8,16H,1-2,5-7H2. The van der Waals surface area contributed by atoms with E-state index in [4.69, 9.17) is 23.2 Å². The van der Waals surface area contributed by atoms with E-state index in [1.807, 2.05) is 23.9 Å². The van der Waals surface area contributed by atoms with Gasteiger partial charge in [-0.25, -0.2) is 0 Å². The van der Waals surface area contributed by atoms with Gasteiger partial charge in [0.2, 0.25) is 0 Å². The number of hydrogen-bond donors (Lipinski definition) is 1. The molecule has 0 spiro atoms. The number of hydrogen-bond acceptors (Lipinski definition) is 2. The summed E-state index contributed by atoms with van der Waals surface area (Å²) in [6, 6.07) is 3.89. The van der Waals surface area contributed by atoms with Crippen molar-refractivity contribution in [3.8, 4) is 0 Å². The Labute approximate surface area is 125 Å². The molecule has 1 fully saturated rings. The molecule has 1 heterocycles. The van der Waals surface area contributed by atoms with E-state index in [9.17, 15) is 0 Å². The van der Waals surface area contributed by atoms with Crippen molar-refractivity contribution >= 4 is 56.6 Å². The molecular formula is C12H14BrCl2NS. The molecule has 1 aromatic carbocycles. The maximum Gasteiger partial charge on any atom is 0.0835 e. The van der Waals surface area contributed by atoms with Crippen LogP contribution in [-0.4, -0.2) is 18.1 Å². The van der Waals surface area contributed by atoms with Crippen LogP contribution in [0.4, 0.5) is 5.69 Å². The highest BCUT2D eigenvalue weighted by Gasteiger charge is 2.14. The van der Waals surface area contributed by atoms with Gasteiger partial charge in [0.05, 0.1) is 15.7 Å². The fraction of sp³-hybridized carbons (Fsp3) is 0.500. The third kappa shape index (κ3) is 3.69. The van der Waals surface area contributed by atoms with E-state index in [2.05, 4.69) is 21.2 Å². The Hall–Kier alpha value is 0.430. The minimum absolute atomic E-state index is 0.578. The number of halogens is 3. The maximum atomic E-state index is 6.19. The van der Waals surface area contributed by atoms with Crippen molar-refractivity contribution in [2.75, 3.05) is 23.4 Å². The van der Waals surface area contributed by atoms with Crippen LogP contribution in [0.1, 0.15) is 12.8 Å². The van der Waals surface area contributed by atoms with Crippen LogP contribution in [0.5, 0.6) is 0 Å². The molecule has 1 nitrogen and oxygen atoms in total. The van der Waals surface area contributed by atoms with Crippen LogP contribution in [0.2, 0.25) is 10.0 Å². The average molecular weight is 355 g/mol. The first kappa shape index (κ1) is 13.9. The van der Waals surface area contributed by atoms with Gasteiger partial charge in [0.25, 0.3) is 0 Å². The molecule has 0 bridgehead atoms. The van der Waals surface area contributed by atoms with Crippen molar-refractivity contribution in [3.05, 3.63) is 26.7 Å². The minimum atomic E-state index is 0.578. The molecule has 94 valence electrons. The summed E-state index contributed by atoms with van der Waals surface area (Å²) in [5.74, 6) is 3.29. The predicted octanol–water partition coefficient (Wildman–Crippen LogP) is 5.31. The third-order valence-corrected chi connectivity index (χ3v) is 5.93. The second-order valence-corrected chi connectivity index (χ2v) is 6.95. The zero-order chi connectivity index (χ0) is 12.3. The molecule has 1 saturated heterocycles. The lowest BCUT2D eigenvalue weighted by atomic mass is 10.1. The van der Waals surface area contributed by atoms with Gasteiger partial charge in [-0.1, -0.05) is 23.2 Å². The van der Waals surface area contributed by atoms with Crippen molar-refractivity contribution in [1.82, 2.24) is 0 Å². The van der Waals surface area contributed by atoms with Crippen LogP contribution < -0.4 is 5.32 Å². The highest BCUT2D eigenvalue weighted by Crippen LogP contribution is 2.36. The summed E-state index contributed by atoms with van der Waals surface area (Å²) in [6.45, 7) is 0.977. The van der Waals surface area contributed by atoms with Gasteiger partial charge in [-0.3, -0.25) is 0 Å². The molecule has 1 unspecified atom stereocenters. The Bertz CT molecular complexity index is 394. The Morgan fingerprint density at radius 1 is 1.35 bits per heavy atom. The molecular weight excluding hydrogens is 341 g/mol. The van der Waals surface area contributed by atoms with Crippen LogP contribution >= 0.6 is 50.9 Å². The van der Waals surface area contributed by atoms with Crippen LogP contribution in [0.25, 0.3) is 0 Å². The Kier molecular flexibility index (Phi) is 5.34. The number of thioether (sulfide) groups is 1. The zero-order valence-electron chi connectivity index (χ0n) is 9.31. The monoisotopic (exact) mass is 353 g/mol. The van der Waals surface area contributed by atoms with Crippen molar-refractivity contribution in [2.45, 2.75) is 12.8 Å². The van der Waals surface area contributed by atoms with Crippen molar-refractivity contribution in [2.24, 2.45) is 5.92 Å². The van der Waals surface area contributed by atoms with E-state index in [0.717, 1.165) is 22.6 Å². The van der Waals surface area contributed by atoms with Crippen LogP contribution in [0.3, 0.4) is 0 Å². The second-order valence-electron chi connectivity index (χ2n) is 4.19. The summed E-state index contributed by atoms with van der Waals surface area (Å²) in [5.41, 5.74) is 0.926. The molecule has 5 heteroatoms. The number of nitrogens with one attached hydrogen (secondary N) is 1. The lowest BCUT2D eigenvalue weighted by Crippen LogP contribution is -2.20. The maximum absolute atomic E-state index is 6.19. The molecule has 0 radical (unpaired) electrons. The van der Waals surface area contributed by atoms with Crippen molar-refractivity contribution in [1.29, 1.82) is 0 Å². The highest BCUT2D eigenvalue weighted by molar-refractivity contribution is 9.10. The molecule has 0 aromatic heterocycles. The van der Waals surface area contributed by atoms with Crippen LogP contribution in [-0.2, 0) is 0 Å². The zero-order valence-corrected chi connectivity index (χ0v) is 13.2. The fourth-order valence-electron chi connectivity index (χ4n) is 1.89. The molecule has 17 heavy (non-hydrogen) atoms. The topological polar surface area (TPSA) is 12.0 Å². The molecule has 1 aliphatic rings. The van der Waals surface area contributed by atoms with Gasteiger partial charge in [0.1, 0.15) is 0 Å². The molecule has 0 aliphatic carbocycles. The molecule has 0 amide bonds. The largest absolute Gasteiger partial charge is 0.383 e. The highest BCUT2D eigenvalue weighted by atomic mass is 79.9. The van der Waals surface area contributed by atoms with Crippen molar-refractivity contribution in [3.63, 3.8) is 0 Å². The van der Waals surface area contributed by atoms with E-state index >= 15 is 0 Å². The van der Waals surface area contributed by atoms with Gasteiger partial charge in [-0.05, 0) is 58.3 Å². The third-order valence-electron chi connectivity index (χ3n) is 2.87. The van der Waals surface area contributed by atoms with E-state index in [1.54, 1.807) is 0 Å². The number of rotatable bonds is 3. The first-order chi connectivity index (χ1) is 8.18. The first-order valence-corrected chi connectivity index (χ1v) is 8.34. The molecule has 1 atom stereocenters. The van der Waals surface area contributed by atoms with E-state index < -0.39 is 0 Å². The molecule has 1 aliphatic heterocycles. The van der Waals surface area contributed by atoms with Crippen LogP contribution in [0, 0.1) is 5.92 Å². The van der Waals surface area contributed by atoms with E-state index in [-0.39, 0.29) is 0 Å². The SMILES string of the molecule is Clc1c(Br)ccc(NCC2CCCSC2)c1Cl. The average Bonchev–Trinajstić information content (AvgIpc) is 2.36. The number of benzene rings is 1. The smallest absolute Gasteiger partial charge is 0.0835 e. The number of anilines is 1. The van der Waals surface area contributed by atoms with Gasteiger partial charge in [0, 0.05) is 11.0 Å². The van der Waals surface area contributed by atoms with Gasteiger partial charge >= 0.3 is 0 Å². The molecule has 0 saturated carbocycles. The Balaban J connectivity index is 1.96. The lowest BCUT2D eigenvalue weighted by Gasteiger charge is -2.22. The van der Waals surface area contributed by atoms with Gasteiger partial charge < -0.3 is 5.32 Å².